The van der Waals surface area contributed by atoms with Crippen LogP contribution in [-0.2, 0) is 6.54 Å². The van der Waals surface area contributed by atoms with Crippen LogP contribution in [-0.4, -0.2) is 54.0 Å². The Bertz CT molecular complexity index is 1890. The molecule has 200 valence electrons. The molecule has 0 bridgehead atoms. The summed E-state index contributed by atoms with van der Waals surface area (Å²) in [5.41, 5.74) is 4.33. The molecule has 2 aromatic carbocycles. The summed E-state index contributed by atoms with van der Waals surface area (Å²) in [6.45, 7) is 0.287. The molecule has 7 rings (SSSR count). The predicted octanol–water partition coefficient (Wildman–Crippen LogP) is 6.35. The lowest BCUT2D eigenvalue weighted by molar-refractivity contribution is 0.0115. The number of H-pyrrole nitrogens is 2. The molecule has 0 amide bonds. The zero-order valence-corrected chi connectivity index (χ0v) is 20.9. The van der Waals surface area contributed by atoms with Crippen molar-refractivity contribution in [2.45, 2.75) is 18.9 Å². The number of hydrogen-bond acceptors (Lipinski definition) is 5. The van der Waals surface area contributed by atoms with Crippen LogP contribution < -0.4 is 0 Å². The fourth-order valence-corrected chi connectivity index (χ4v) is 5.28. The third kappa shape index (κ3) is 4.28. The van der Waals surface area contributed by atoms with Crippen molar-refractivity contribution in [1.29, 1.82) is 0 Å². The highest BCUT2D eigenvalue weighted by Gasteiger charge is 2.38. The first-order valence-electron chi connectivity index (χ1n) is 12.7. The van der Waals surface area contributed by atoms with Crippen molar-refractivity contribution in [2.75, 3.05) is 13.1 Å². The number of nitrogens with one attached hydrogen (secondary N) is 2. The van der Waals surface area contributed by atoms with E-state index in [9.17, 15) is 13.2 Å². The Labute approximate surface area is 224 Å². The van der Waals surface area contributed by atoms with Crippen molar-refractivity contribution >= 4 is 22.1 Å². The van der Waals surface area contributed by atoms with Gasteiger partial charge in [0.25, 0.3) is 5.92 Å². The SMILES string of the molecule is Fc1cc2[nH]nc(-c3nc4c(-c5ccccc5F)ccnc4[nH]3)c2cc1-c1cncc(CN2CCC(F)(F)C2)c1. The van der Waals surface area contributed by atoms with Crippen LogP contribution in [0.3, 0.4) is 0 Å². The molecule has 0 saturated carbocycles. The molecule has 6 aromatic rings. The van der Waals surface area contributed by atoms with Gasteiger partial charge in [0, 0.05) is 71.8 Å². The minimum Gasteiger partial charge on any atom is -0.321 e. The summed E-state index contributed by atoms with van der Waals surface area (Å²) in [7, 11) is 0. The Balaban J connectivity index is 1.28. The van der Waals surface area contributed by atoms with Crippen LogP contribution in [0.1, 0.15) is 12.0 Å². The molecule has 0 atom stereocenters. The van der Waals surface area contributed by atoms with Gasteiger partial charge in [-0.3, -0.25) is 15.0 Å². The van der Waals surface area contributed by atoms with Gasteiger partial charge in [0.2, 0.25) is 0 Å². The van der Waals surface area contributed by atoms with Crippen LogP contribution in [0.15, 0.2) is 67.1 Å². The zero-order chi connectivity index (χ0) is 27.4. The van der Waals surface area contributed by atoms with Crippen LogP contribution in [0.5, 0.6) is 0 Å². The van der Waals surface area contributed by atoms with Crippen molar-refractivity contribution in [3.8, 4) is 33.8 Å². The molecular formula is C29H21F4N7. The van der Waals surface area contributed by atoms with Crippen molar-refractivity contribution in [3.63, 3.8) is 0 Å². The monoisotopic (exact) mass is 543 g/mol. The van der Waals surface area contributed by atoms with Gasteiger partial charge in [-0.2, -0.15) is 5.10 Å². The number of nitrogens with zero attached hydrogens (tertiary/aromatic N) is 5. The highest BCUT2D eigenvalue weighted by molar-refractivity contribution is 5.97. The second-order valence-electron chi connectivity index (χ2n) is 9.97. The number of benzene rings is 2. The molecule has 1 aliphatic heterocycles. The Morgan fingerprint density at radius 3 is 2.65 bits per heavy atom. The topological polar surface area (TPSA) is 86.4 Å². The quantitative estimate of drug-likeness (QED) is 0.248. The molecule has 1 fully saturated rings. The average Bonchev–Trinajstić information content (AvgIpc) is 3.64. The number of fused-ring (bicyclic) bond motifs is 2. The van der Waals surface area contributed by atoms with Gasteiger partial charge in [0.15, 0.2) is 11.5 Å². The van der Waals surface area contributed by atoms with E-state index >= 15 is 4.39 Å². The fourth-order valence-electron chi connectivity index (χ4n) is 5.28. The van der Waals surface area contributed by atoms with Crippen molar-refractivity contribution in [3.05, 3.63) is 84.3 Å². The molecule has 1 aliphatic rings. The summed E-state index contributed by atoms with van der Waals surface area (Å²) in [6.07, 6.45) is 4.55. The molecule has 0 radical (unpaired) electrons. The van der Waals surface area contributed by atoms with E-state index in [4.69, 9.17) is 4.98 Å². The van der Waals surface area contributed by atoms with Gasteiger partial charge in [-0.15, -0.1) is 0 Å². The van der Waals surface area contributed by atoms with Gasteiger partial charge in [-0.05, 0) is 29.8 Å². The molecule has 0 unspecified atom stereocenters. The maximum Gasteiger partial charge on any atom is 0.261 e. The van der Waals surface area contributed by atoms with E-state index in [1.807, 2.05) is 0 Å². The first kappa shape index (κ1) is 24.4. The number of rotatable bonds is 5. The number of hydrogen-bond donors (Lipinski definition) is 2. The second kappa shape index (κ2) is 9.23. The number of likely N-dealkylation sites (tertiary alicyclic amines) is 1. The lowest BCUT2D eigenvalue weighted by Crippen LogP contribution is -2.24. The van der Waals surface area contributed by atoms with Crippen LogP contribution in [0.2, 0.25) is 0 Å². The molecule has 0 aliphatic carbocycles. The lowest BCUT2D eigenvalue weighted by atomic mass is 10.0. The highest BCUT2D eigenvalue weighted by atomic mass is 19.3. The first-order valence-corrected chi connectivity index (χ1v) is 12.7. The van der Waals surface area contributed by atoms with E-state index in [0.29, 0.717) is 68.9 Å². The Morgan fingerprint density at radius 1 is 0.950 bits per heavy atom. The third-order valence-corrected chi connectivity index (χ3v) is 7.18. The van der Waals surface area contributed by atoms with Crippen molar-refractivity contribution in [2.24, 2.45) is 0 Å². The summed E-state index contributed by atoms with van der Waals surface area (Å²) in [4.78, 5) is 18.1. The van der Waals surface area contributed by atoms with E-state index < -0.39 is 11.7 Å². The van der Waals surface area contributed by atoms with Gasteiger partial charge in [-0.1, -0.05) is 18.2 Å². The van der Waals surface area contributed by atoms with E-state index in [2.05, 4.69) is 25.1 Å². The third-order valence-electron chi connectivity index (χ3n) is 7.18. The van der Waals surface area contributed by atoms with Crippen LogP contribution in [0.4, 0.5) is 17.6 Å². The Kier molecular flexibility index (Phi) is 5.63. The second-order valence-corrected chi connectivity index (χ2v) is 9.97. The van der Waals surface area contributed by atoms with Crippen LogP contribution in [0.25, 0.3) is 55.8 Å². The van der Waals surface area contributed by atoms with E-state index in [0.717, 1.165) is 0 Å². The smallest absolute Gasteiger partial charge is 0.261 e. The average molecular weight is 544 g/mol. The fraction of sp³-hybridized carbons (Fsp3) is 0.172. The Hall–Kier alpha value is -4.64. The van der Waals surface area contributed by atoms with Gasteiger partial charge in [0.05, 0.1) is 12.1 Å². The minimum absolute atomic E-state index is 0.173. The minimum atomic E-state index is -2.69. The molecule has 11 heteroatoms. The molecule has 1 saturated heterocycles. The Morgan fingerprint density at radius 2 is 1.82 bits per heavy atom. The predicted molar refractivity (Wildman–Crippen MR) is 142 cm³/mol. The summed E-state index contributed by atoms with van der Waals surface area (Å²) in [5.74, 6) is -3.17. The largest absolute Gasteiger partial charge is 0.321 e. The maximum atomic E-state index is 15.2. The number of aromatic nitrogens is 6. The summed E-state index contributed by atoms with van der Waals surface area (Å²) >= 11 is 0. The maximum absolute atomic E-state index is 15.2. The van der Waals surface area contributed by atoms with Gasteiger partial charge < -0.3 is 4.98 Å². The van der Waals surface area contributed by atoms with Crippen LogP contribution >= 0.6 is 0 Å². The van der Waals surface area contributed by atoms with Gasteiger partial charge in [0.1, 0.15) is 22.8 Å². The zero-order valence-electron chi connectivity index (χ0n) is 20.9. The molecular weight excluding hydrogens is 522 g/mol. The number of pyridine rings is 2. The van der Waals surface area contributed by atoms with Gasteiger partial charge in [-0.25, -0.2) is 27.5 Å². The van der Waals surface area contributed by atoms with E-state index in [-0.39, 0.29) is 24.3 Å². The van der Waals surface area contributed by atoms with Crippen LogP contribution in [0, 0.1) is 11.6 Å². The number of halogens is 4. The molecule has 0 spiro atoms. The molecule has 5 heterocycles. The highest BCUT2D eigenvalue weighted by Crippen LogP contribution is 2.35. The summed E-state index contributed by atoms with van der Waals surface area (Å²) < 4.78 is 57.1. The standard InChI is InChI=1S/C29H21F4N7/c30-22-4-2-1-3-18(22)19-5-7-35-27-25(19)36-28(37-27)26-21-10-20(23(31)11-24(21)38-39-26)17-9-16(12-34-13-17)14-40-8-6-29(32,33)15-40/h1-5,7,9-13H,6,8,14-15H2,(H,38,39)(H,35,36,37). The molecule has 40 heavy (non-hydrogen) atoms. The number of alkyl halides is 2. The van der Waals surface area contributed by atoms with E-state index in [1.165, 1.54) is 18.3 Å². The number of imidazole rings is 1. The summed E-state index contributed by atoms with van der Waals surface area (Å²) in [5, 5.41) is 7.83. The lowest BCUT2D eigenvalue weighted by Gasteiger charge is -2.16. The first-order chi connectivity index (χ1) is 19.3. The molecule has 4 aromatic heterocycles. The molecule has 2 N–H and O–H groups in total. The van der Waals surface area contributed by atoms with E-state index in [1.54, 1.807) is 53.7 Å². The molecule has 7 nitrogen and oxygen atoms in total. The van der Waals surface area contributed by atoms with Crippen molar-refractivity contribution < 1.29 is 17.6 Å². The normalized spacial score (nSPS) is 15.4. The van der Waals surface area contributed by atoms with Gasteiger partial charge >= 0.3 is 0 Å². The summed E-state index contributed by atoms with van der Waals surface area (Å²) in [6, 6.07) is 12.9. The van der Waals surface area contributed by atoms with Crippen molar-refractivity contribution in [1.82, 2.24) is 35.0 Å². The number of aromatic amines is 2.